The lowest BCUT2D eigenvalue weighted by Gasteiger charge is -2.29. The zero-order valence-electron chi connectivity index (χ0n) is 14.0. The Labute approximate surface area is 137 Å². The minimum atomic E-state index is 0.0667. The molecule has 2 N–H and O–H groups in total. The fourth-order valence-corrected chi connectivity index (χ4v) is 2.69. The molecule has 1 amide bonds. The molecular formula is C17H26N4O2. The van der Waals surface area contributed by atoms with Crippen LogP contribution < -0.4 is 15.5 Å². The lowest BCUT2D eigenvalue weighted by Crippen LogP contribution is -2.46. The van der Waals surface area contributed by atoms with Gasteiger partial charge in [0.05, 0.1) is 6.54 Å². The van der Waals surface area contributed by atoms with Crippen LogP contribution in [0, 0.1) is 0 Å². The Bertz CT molecular complexity index is 545. The molecule has 0 saturated heterocycles. The van der Waals surface area contributed by atoms with Crippen molar-refractivity contribution in [2.75, 3.05) is 45.3 Å². The summed E-state index contributed by atoms with van der Waals surface area (Å²) in [6.07, 6.45) is 2.94. The van der Waals surface area contributed by atoms with E-state index >= 15 is 0 Å². The van der Waals surface area contributed by atoms with Gasteiger partial charge in [-0.3, -0.25) is 9.79 Å². The molecule has 1 aliphatic rings. The molecule has 0 spiro atoms. The van der Waals surface area contributed by atoms with Gasteiger partial charge in [-0.2, -0.15) is 0 Å². The number of para-hydroxylation sites is 1. The minimum Gasteiger partial charge on any atom is -0.385 e. The van der Waals surface area contributed by atoms with Crippen LogP contribution in [0.3, 0.4) is 0 Å². The van der Waals surface area contributed by atoms with Crippen LogP contribution in [-0.2, 0) is 16.0 Å². The number of rotatable bonds is 6. The Morgan fingerprint density at radius 2 is 2.17 bits per heavy atom. The van der Waals surface area contributed by atoms with Crippen LogP contribution in [0.15, 0.2) is 29.3 Å². The predicted octanol–water partition coefficient (Wildman–Crippen LogP) is 1.17. The molecule has 0 radical (unpaired) electrons. The Kier molecular flexibility index (Phi) is 6.87. The summed E-state index contributed by atoms with van der Waals surface area (Å²) in [5.41, 5.74) is 2.28. The Morgan fingerprint density at radius 1 is 1.35 bits per heavy atom. The van der Waals surface area contributed by atoms with Crippen molar-refractivity contribution < 1.29 is 9.53 Å². The molecule has 126 valence electrons. The summed E-state index contributed by atoms with van der Waals surface area (Å²) < 4.78 is 5.01. The molecule has 6 nitrogen and oxygen atoms in total. The maximum atomic E-state index is 12.5. The summed E-state index contributed by atoms with van der Waals surface area (Å²) in [5.74, 6) is 0.705. The van der Waals surface area contributed by atoms with Crippen molar-refractivity contribution in [3.05, 3.63) is 29.8 Å². The van der Waals surface area contributed by atoms with Crippen molar-refractivity contribution in [1.82, 2.24) is 10.6 Å². The first kappa shape index (κ1) is 17.3. The number of nitrogens with zero attached hydrogens (tertiary/aromatic N) is 2. The van der Waals surface area contributed by atoms with E-state index in [1.54, 1.807) is 14.2 Å². The number of aryl methyl sites for hydroxylation is 1. The van der Waals surface area contributed by atoms with E-state index in [4.69, 9.17) is 4.74 Å². The highest BCUT2D eigenvalue weighted by Crippen LogP contribution is 2.26. The summed E-state index contributed by atoms with van der Waals surface area (Å²) in [6.45, 7) is 2.47. The molecule has 6 heteroatoms. The third kappa shape index (κ3) is 4.96. The Hall–Kier alpha value is -2.08. The summed E-state index contributed by atoms with van der Waals surface area (Å²) in [4.78, 5) is 18.5. The summed E-state index contributed by atoms with van der Waals surface area (Å²) in [6, 6.07) is 8.12. The van der Waals surface area contributed by atoms with Crippen molar-refractivity contribution in [3.63, 3.8) is 0 Å². The highest BCUT2D eigenvalue weighted by atomic mass is 16.5. The number of guanidine groups is 1. The van der Waals surface area contributed by atoms with E-state index in [1.807, 2.05) is 23.1 Å². The summed E-state index contributed by atoms with van der Waals surface area (Å²) in [5, 5.41) is 6.25. The van der Waals surface area contributed by atoms with E-state index in [-0.39, 0.29) is 12.5 Å². The lowest BCUT2D eigenvalue weighted by atomic mass is 10.0. The van der Waals surface area contributed by atoms with E-state index in [0.717, 1.165) is 38.0 Å². The van der Waals surface area contributed by atoms with Gasteiger partial charge < -0.3 is 20.3 Å². The highest BCUT2D eigenvalue weighted by molar-refractivity contribution is 5.98. The highest BCUT2D eigenvalue weighted by Gasteiger charge is 2.21. The smallest absolute Gasteiger partial charge is 0.246 e. The van der Waals surface area contributed by atoms with Gasteiger partial charge >= 0.3 is 0 Å². The molecule has 23 heavy (non-hydrogen) atoms. The van der Waals surface area contributed by atoms with Crippen LogP contribution in [0.4, 0.5) is 5.69 Å². The third-order valence-electron chi connectivity index (χ3n) is 3.86. The van der Waals surface area contributed by atoms with Crippen LogP contribution in [0.1, 0.15) is 18.4 Å². The van der Waals surface area contributed by atoms with Gasteiger partial charge in [0.15, 0.2) is 5.96 Å². The van der Waals surface area contributed by atoms with E-state index in [9.17, 15) is 4.79 Å². The molecule has 0 aromatic heterocycles. The molecule has 0 aliphatic carbocycles. The monoisotopic (exact) mass is 318 g/mol. The summed E-state index contributed by atoms with van der Waals surface area (Å²) >= 11 is 0. The minimum absolute atomic E-state index is 0.0667. The van der Waals surface area contributed by atoms with Gasteiger partial charge in [0, 0.05) is 39.5 Å². The standard InChI is InChI=1S/C17H26N4O2/c1-18-17(19-10-6-12-23-2)20-13-16(22)21-11-5-8-14-7-3-4-9-15(14)21/h3-4,7,9H,5-6,8,10-13H2,1-2H3,(H2,18,19,20). The quantitative estimate of drug-likeness (QED) is 0.469. The number of benzene rings is 1. The zero-order valence-corrected chi connectivity index (χ0v) is 14.0. The van der Waals surface area contributed by atoms with Gasteiger partial charge in [-0.05, 0) is 30.9 Å². The second-order valence-corrected chi connectivity index (χ2v) is 5.48. The van der Waals surface area contributed by atoms with Gasteiger partial charge in [0.25, 0.3) is 0 Å². The molecule has 0 bridgehead atoms. The number of hydrogen-bond donors (Lipinski definition) is 2. The van der Waals surface area contributed by atoms with Crippen LogP contribution in [-0.4, -0.2) is 52.3 Å². The fraction of sp³-hybridized carbons (Fsp3) is 0.529. The first-order valence-corrected chi connectivity index (χ1v) is 8.08. The normalized spacial score (nSPS) is 14.3. The Morgan fingerprint density at radius 3 is 2.96 bits per heavy atom. The van der Waals surface area contributed by atoms with E-state index in [0.29, 0.717) is 12.6 Å². The number of methoxy groups -OCH3 is 1. The molecule has 0 atom stereocenters. The average Bonchev–Trinajstić information content (AvgIpc) is 2.60. The number of aliphatic imine (C=N–C) groups is 1. The molecule has 1 aromatic carbocycles. The number of anilines is 1. The molecule has 1 aromatic rings. The second-order valence-electron chi connectivity index (χ2n) is 5.48. The SMILES string of the molecule is CN=C(NCCCOC)NCC(=O)N1CCCc2ccccc21. The van der Waals surface area contributed by atoms with Crippen LogP contribution in [0.5, 0.6) is 0 Å². The van der Waals surface area contributed by atoms with E-state index < -0.39 is 0 Å². The number of carbonyl (C=O) groups excluding carboxylic acids is 1. The third-order valence-corrected chi connectivity index (χ3v) is 3.86. The van der Waals surface area contributed by atoms with Crippen molar-refractivity contribution >= 4 is 17.6 Å². The number of carbonyl (C=O) groups is 1. The number of fused-ring (bicyclic) bond motifs is 1. The molecule has 1 heterocycles. The first-order chi connectivity index (χ1) is 11.3. The van der Waals surface area contributed by atoms with Crippen LogP contribution in [0.2, 0.25) is 0 Å². The number of ether oxygens (including phenoxy) is 1. The molecule has 2 rings (SSSR count). The van der Waals surface area contributed by atoms with Crippen molar-refractivity contribution in [2.45, 2.75) is 19.3 Å². The van der Waals surface area contributed by atoms with Gasteiger partial charge in [0.2, 0.25) is 5.91 Å². The van der Waals surface area contributed by atoms with Gasteiger partial charge in [-0.1, -0.05) is 18.2 Å². The van der Waals surface area contributed by atoms with Gasteiger partial charge in [-0.25, -0.2) is 0 Å². The number of nitrogens with one attached hydrogen (secondary N) is 2. The van der Waals surface area contributed by atoms with Crippen LogP contribution in [0.25, 0.3) is 0 Å². The maximum absolute atomic E-state index is 12.5. The average molecular weight is 318 g/mol. The molecule has 1 aliphatic heterocycles. The summed E-state index contributed by atoms with van der Waals surface area (Å²) in [7, 11) is 3.38. The number of amides is 1. The molecule has 0 unspecified atom stereocenters. The Balaban J connectivity index is 1.85. The molecule has 0 saturated carbocycles. The van der Waals surface area contributed by atoms with E-state index in [1.165, 1.54) is 5.56 Å². The van der Waals surface area contributed by atoms with Gasteiger partial charge in [-0.15, -0.1) is 0 Å². The fourth-order valence-electron chi connectivity index (χ4n) is 2.69. The maximum Gasteiger partial charge on any atom is 0.246 e. The van der Waals surface area contributed by atoms with E-state index in [2.05, 4.69) is 21.7 Å². The van der Waals surface area contributed by atoms with Gasteiger partial charge in [0.1, 0.15) is 0 Å². The van der Waals surface area contributed by atoms with Crippen molar-refractivity contribution in [3.8, 4) is 0 Å². The zero-order chi connectivity index (χ0) is 16.5. The predicted molar refractivity (Wildman–Crippen MR) is 93.0 cm³/mol. The largest absolute Gasteiger partial charge is 0.385 e. The lowest BCUT2D eigenvalue weighted by molar-refractivity contribution is -0.117. The topological polar surface area (TPSA) is 66.0 Å². The number of hydrogen-bond acceptors (Lipinski definition) is 3. The van der Waals surface area contributed by atoms with Crippen molar-refractivity contribution in [1.29, 1.82) is 0 Å². The second kappa shape index (κ2) is 9.15. The molecule has 0 fully saturated rings. The van der Waals surface area contributed by atoms with Crippen molar-refractivity contribution in [2.24, 2.45) is 4.99 Å². The first-order valence-electron chi connectivity index (χ1n) is 8.08. The molecular weight excluding hydrogens is 292 g/mol. The van der Waals surface area contributed by atoms with Crippen LogP contribution >= 0.6 is 0 Å².